The zero-order valence-electron chi connectivity index (χ0n) is 12.3. The number of nitrogens with zero attached hydrogens (tertiary/aromatic N) is 1. The number of thiophene rings is 1. The minimum atomic E-state index is -3.55. The highest BCUT2D eigenvalue weighted by Crippen LogP contribution is 2.39. The van der Waals surface area contributed by atoms with Crippen molar-refractivity contribution in [1.82, 2.24) is 4.31 Å². The lowest BCUT2D eigenvalue weighted by molar-refractivity contribution is 0.0702. The van der Waals surface area contributed by atoms with Gasteiger partial charge in [-0.15, -0.1) is 11.3 Å². The van der Waals surface area contributed by atoms with Crippen LogP contribution in [0.3, 0.4) is 0 Å². The molecule has 0 radical (unpaired) electrons. The van der Waals surface area contributed by atoms with Crippen molar-refractivity contribution in [3.63, 3.8) is 0 Å². The molecule has 21 heavy (non-hydrogen) atoms. The molecule has 2 rings (SSSR count). The molecular formula is C14H21NO4S2. The largest absolute Gasteiger partial charge is 0.477 e. The maximum Gasteiger partial charge on any atom is 0.345 e. The average molecular weight is 331 g/mol. The number of hydrogen-bond donors (Lipinski definition) is 1. The van der Waals surface area contributed by atoms with E-state index in [1.807, 2.05) is 0 Å². The predicted octanol–water partition coefficient (Wildman–Crippen LogP) is 3.04. The predicted molar refractivity (Wildman–Crippen MR) is 82.3 cm³/mol. The van der Waals surface area contributed by atoms with Crippen molar-refractivity contribution in [2.45, 2.75) is 43.7 Å². The summed E-state index contributed by atoms with van der Waals surface area (Å²) in [6.07, 6.45) is 3.88. The van der Waals surface area contributed by atoms with E-state index in [2.05, 4.69) is 13.8 Å². The fraction of sp³-hybridized carbons (Fsp3) is 0.643. The number of carboxylic acid groups (broad SMARTS) is 1. The van der Waals surface area contributed by atoms with Gasteiger partial charge in [0.25, 0.3) is 10.0 Å². The Morgan fingerprint density at radius 1 is 1.29 bits per heavy atom. The number of carboxylic acids is 1. The fourth-order valence-corrected chi connectivity index (χ4v) is 5.60. The van der Waals surface area contributed by atoms with Gasteiger partial charge in [0.2, 0.25) is 0 Å². The van der Waals surface area contributed by atoms with E-state index in [1.54, 1.807) is 0 Å². The summed E-state index contributed by atoms with van der Waals surface area (Å²) in [4.78, 5) is 10.9. The van der Waals surface area contributed by atoms with Crippen LogP contribution in [-0.4, -0.2) is 36.9 Å². The van der Waals surface area contributed by atoms with Gasteiger partial charge >= 0.3 is 5.97 Å². The second kappa shape index (κ2) is 6.06. The van der Waals surface area contributed by atoms with Crippen LogP contribution in [0, 0.1) is 5.41 Å². The molecule has 1 aromatic rings. The van der Waals surface area contributed by atoms with Crippen molar-refractivity contribution in [1.29, 1.82) is 0 Å². The average Bonchev–Trinajstić information content (AvgIpc) is 2.98. The Labute approximate surface area is 129 Å². The quantitative estimate of drug-likeness (QED) is 0.900. The van der Waals surface area contributed by atoms with Gasteiger partial charge in [-0.3, -0.25) is 0 Å². The standard InChI is InChI=1S/C14H21NO4S2/c1-3-14(4-2)7-9-15(10-8-14)21(18,19)12-6-5-11(20-12)13(16)17/h5-6H,3-4,7-10H2,1-2H3,(H,16,17). The summed E-state index contributed by atoms with van der Waals surface area (Å²) in [5.74, 6) is -1.09. The number of piperidine rings is 1. The normalized spacial score (nSPS) is 19.5. The molecule has 0 aromatic carbocycles. The summed E-state index contributed by atoms with van der Waals surface area (Å²) in [5, 5.41) is 8.91. The minimum absolute atomic E-state index is 0.0575. The van der Waals surface area contributed by atoms with E-state index in [9.17, 15) is 13.2 Å². The highest BCUT2D eigenvalue weighted by atomic mass is 32.2. The first-order valence-corrected chi connectivity index (χ1v) is 9.43. The first-order chi connectivity index (χ1) is 9.84. The second-order valence-electron chi connectivity index (χ2n) is 5.54. The Bertz CT molecular complexity index is 607. The van der Waals surface area contributed by atoms with Gasteiger partial charge in [-0.25, -0.2) is 13.2 Å². The van der Waals surface area contributed by atoms with Gasteiger partial charge in [0.05, 0.1) is 0 Å². The van der Waals surface area contributed by atoms with Crippen molar-refractivity contribution in [2.75, 3.05) is 13.1 Å². The molecule has 0 amide bonds. The van der Waals surface area contributed by atoms with Crippen LogP contribution in [0.25, 0.3) is 0 Å². The molecule has 1 aliphatic rings. The van der Waals surface area contributed by atoms with E-state index in [1.165, 1.54) is 16.4 Å². The van der Waals surface area contributed by atoms with Crippen LogP contribution in [0.4, 0.5) is 0 Å². The van der Waals surface area contributed by atoms with Crippen LogP contribution in [0.1, 0.15) is 49.2 Å². The third-order valence-corrected chi connectivity index (χ3v) is 8.11. The Hall–Kier alpha value is -0.920. The number of aromatic carboxylic acids is 1. The van der Waals surface area contributed by atoms with Gasteiger partial charge in [-0.1, -0.05) is 26.7 Å². The first kappa shape index (κ1) is 16.5. The van der Waals surface area contributed by atoms with Gasteiger partial charge in [0, 0.05) is 13.1 Å². The molecule has 1 N–H and O–H groups in total. The summed E-state index contributed by atoms with van der Waals surface area (Å²) in [6, 6.07) is 2.75. The molecule has 1 aromatic heterocycles. The first-order valence-electron chi connectivity index (χ1n) is 7.18. The van der Waals surface area contributed by atoms with Crippen LogP contribution >= 0.6 is 11.3 Å². The maximum atomic E-state index is 12.6. The number of rotatable bonds is 5. The molecule has 5 nitrogen and oxygen atoms in total. The molecule has 0 unspecified atom stereocenters. The molecule has 1 saturated heterocycles. The molecule has 2 heterocycles. The molecule has 118 valence electrons. The summed E-state index contributed by atoms with van der Waals surface area (Å²) in [6.45, 7) is 5.35. The van der Waals surface area contributed by atoms with Gasteiger partial charge in [0.1, 0.15) is 9.09 Å². The smallest absolute Gasteiger partial charge is 0.345 e. The molecule has 1 aliphatic heterocycles. The lowest BCUT2D eigenvalue weighted by Gasteiger charge is -2.40. The monoisotopic (exact) mass is 331 g/mol. The van der Waals surface area contributed by atoms with Crippen LogP contribution in [-0.2, 0) is 10.0 Å². The summed E-state index contributed by atoms with van der Waals surface area (Å²) in [5.41, 5.74) is 0.258. The van der Waals surface area contributed by atoms with E-state index in [-0.39, 0.29) is 14.5 Å². The summed E-state index contributed by atoms with van der Waals surface area (Å²) < 4.78 is 26.7. The van der Waals surface area contributed by atoms with Crippen LogP contribution in [0.2, 0.25) is 0 Å². The van der Waals surface area contributed by atoms with Crippen molar-refractivity contribution < 1.29 is 18.3 Å². The molecule has 0 aliphatic carbocycles. The van der Waals surface area contributed by atoms with E-state index in [0.717, 1.165) is 37.0 Å². The zero-order chi connectivity index (χ0) is 15.7. The van der Waals surface area contributed by atoms with Gasteiger partial charge < -0.3 is 5.11 Å². The van der Waals surface area contributed by atoms with E-state index in [4.69, 9.17) is 5.11 Å². The lowest BCUT2D eigenvalue weighted by atomic mass is 9.75. The van der Waals surface area contributed by atoms with E-state index < -0.39 is 16.0 Å². The minimum Gasteiger partial charge on any atom is -0.477 e. The van der Waals surface area contributed by atoms with Crippen LogP contribution < -0.4 is 0 Å². The van der Waals surface area contributed by atoms with Crippen LogP contribution in [0.15, 0.2) is 16.3 Å². The third-order valence-electron chi connectivity index (χ3n) is 4.67. The fourth-order valence-electron chi connectivity index (χ4n) is 2.86. The van der Waals surface area contributed by atoms with Crippen molar-refractivity contribution in [3.8, 4) is 0 Å². The Kier molecular flexibility index (Phi) is 4.75. The SMILES string of the molecule is CCC1(CC)CCN(S(=O)(=O)c2ccc(C(=O)O)s2)CC1. The van der Waals surface area contributed by atoms with Crippen LogP contribution in [0.5, 0.6) is 0 Å². The lowest BCUT2D eigenvalue weighted by Crippen LogP contribution is -2.42. The molecule has 0 saturated carbocycles. The number of sulfonamides is 1. The van der Waals surface area contributed by atoms with Gasteiger partial charge in [-0.2, -0.15) is 4.31 Å². The highest BCUT2D eigenvalue weighted by molar-refractivity contribution is 7.91. The number of carbonyl (C=O) groups is 1. The maximum absolute atomic E-state index is 12.6. The van der Waals surface area contributed by atoms with Crippen molar-refractivity contribution in [3.05, 3.63) is 17.0 Å². The molecular weight excluding hydrogens is 310 g/mol. The number of hydrogen-bond acceptors (Lipinski definition) is 4. The zero-order valence-corrected chi connectivity index (χ0v) is 14.0. The Balaban J connectivity index is 2.16. The van der Waals surface area contributed by atoms with Gasteiger partial charge in [-0.05, 0) is 30.4 Å². The third kappa shape index (κ3) is 3.14. The molecule has 0 atom stereocenters. The molecule has 7 heteroatoms. The Morgan fingerprint density at radius 2 is 1.86 bits per heavy atom. The summed E-state index contributed by atoms with van der Waals surface area (Å²) >= 11 is 0.824. The Morgan fingerprint density at radius 3 is 2.29 bits per heavy atom. The summed E-state index contributed by atoms with van der Waals surface area (Å²) in [7, 11) is -3.55. The topological polar surface area (TPSA) is 74.7 Å². The van der Waals surface area contributed by atoms with Crippen molar-refractivity contribution in [2.24, 2.45) is 5.41 Å². The molecule has 1 fully saturated rings. The highest BCUT2D eigenvalue weighted by Gasteiger charge is 2.36. The van der Waals surface area contributed by atoms with E-state index >= 15 is 0 Å². The van der Waals surface area contributed by atoms with E-state index in [0.29, 0.717) is 13.1 Å². The van der Waals surface area contributed by atoms with Gasteiger partial charge in [0.15, 0.2) is 0 Å². The molecule has 0 spiro atoms. The molecule has 0 bridgehead atoms. The van der Waals surface area contributed by atoms with Crippen molar-refractivity contribution >= 4 is 27.3 Å². The second-order valence-corrected chi connectivity index (χ2v) is 8.78.